The summed E-state index contributed by atoms with van der Waals surface area (Å²) in [5.41, 5.74) is 0. The quantitative estimate of drug-likeness (QED) is 0.717. The van der Waals surface area contributed by atoms with E-state index in [-0.39, 0.29) is 12.0 Å². The highest BCUT2D eigenvalue weighted by atomic mass is 19.4. The summed E-state index contributed by atoms with van der Waals surface area (Å²) in [5, 5.41) is 8.66. The van der Waals surface area contributed by atoms with Crippen molar-refractivity contribution in [3.63, 3.8) is 0 Å². The fourth-order valence-corrected chi connectivity index (χ4v) is 4.63. The topological polar surface area (TPSA) is 88.5 Å². The Morgan fingerprint density at radius 3 is 2.37 bits per heavy atom. The third kappa shape index (κ3) is 6.05. The Labute approximate surface area is 173 Å². The first-order valence-corrected chi connectivity index (χ1v) is 10.4. The molecule has 4 saturated heterocycles. The van der Waals surface area contributed by atoms with Crippen LogP contribution in [0.5, 0.6) is 0 Å². The zero-order valence-corrected chi connectivity index (χ0v) is 16.8. The van der Waals surface area contributed by atoms with Gasteiger partial charge in [-0.1, -0.05) is 0 Å². The Morgan fingerprint density at radius 2 is 1.77 bits per heavy atom. The Balaban J connectivity index is 0.000000318. The molecule has 8 nitrogen and oxygen atoms in total. The molecule has 0 bridgehead atoms. The van der Waals surface area contributed by atoms with Crippen LogP contribution < -0.4 is 0 Å². The minimum atomic E-state index is -5.08. The number of hydrogen-bond acceptors (Lipinski definition) is 6. The molecule has 1 N–H and O–H groups in total. The standard InChI is InChI=1S/C17H28N2O4.C2HF3O2/c20-17(19-5-1-7-23-19)10-16-15-2-6-18(11-13(15)12-22-16)14-3-8-21-9-4-14;3-2(4,5)1(6)7/h13-16H,1-12H2;(H,6,7)/t13-,15-,16-;/m1./s1. The molecule has 0 unspecified atom stereocenters. The van der Waals surface area contributed by atoms with Crippen molar-refractivity contribution in [1.29, 1.82) is 0 Å². The summed E-state index contributed by atoms with van der Waals surface area (Å²) in [7, 11) is 0. The van der Waals surface area contributed by atoms with Gasteiger partial charge >= 0.3 is 12.1 Å². The van der Waals surface area contributed by atoms with Crippen molar-refractivity contribution >= 4 is 11.9 Å². The number of amides is 1. The Morgan fingerprint density at radius 1 is 1.07 bits per heavy atom. The maximum Gasteiger partial charge on any atom is 0.490 e. The molecule has 4 aliphatic rings. The minimum Gasteiger partial charge on any atom is -0.475 e. The molecule has 4 heterocycles. The van der Waals surface area contributed by atoms with Crippen LogP contribution in [0.4, 0.5) is 13.2 Å². The van der Waals surface area contributed by atoms with Gasteiger partial charge in [0.15, 0.2) is 0 Å². The number of carboxylic acids is 1. The Bertz CT molecular complexity index is 593. The molecule has 0 aliphatic carbocycles. The van der Waals surface area contributed by atoms with E-state index < -0.39 is 12.1 Å². The predicted octanol–water partition coefficient (Wildman–Crippen LogP) is 1.69. The van der Waals surface area contributed by atoms with Crippen molar-refractivity contribution in [2.75, 3.05) is 46.1 Å². The Hall–Kier alpha value is -1.43. The highest BCUT2D eigenvalue weighted by Gasteiger charge is 2.43. The first-order valence-electron chi connectivity index (χ1n) is 10.4. The van der Waals surface area contributed by atoms with E-state index in [2.05, 4.69) is 4.90 Å². The lowest BCUT2D eigenvalue weighted by atomic mass is 9.82. The number of hydroxylamine groups is 2. The van der Waals surface area contributed by atoms with Gasteiger partial charge in [-0.3, -0.25) is 14.5 Å². The van der Waals surface area contributed by atoms with Crippen LogP contribution in [0.1, 0.15) is 32.1 Å². The lowest BCUT2D eigenvalue weighted by Gasteiger charge is -2.41. The van der Waals surface area contributed by atoms with Crippen LogP contribution in [0.3, 0.4) is 0 Å². The van der Waals surface area contributed by atoms with Crippen LogP contribution in [0.25, 0.3) is 0 Å². The molecule has 0 aromatic heterocycles. The van der Waals surface area contributed by atoms with E-state index in [0.717, 1.165) is 65.1 Å². The van der Waals surface area contributed by atoms with E-state index >= 15 is 0 Å². The van der Waals surface area contributed by atoms with Gasteiger partial charge in [-0.15, -0.1) is 0 Å². The number of alkyl halides is 3. The summed E-state index contributed by atoms with van der Waals surface area (Å²) in [6.45, 7) is 6.28. The number of carbonyl (C=O) groups excluding carboxylic acids is 1. The highest BCUT2D eigenvalue weighted by molar-refractivity contribution is 5.75. The first-order chi connectivity index (χ1) is 14.3. The van der Waals surface area contributed by atoms with Crippen LogP contribution in [-0.4, -0.2) is 91.3 Å². The number of ether oxygens (including phenoxy) is 2. The van der Waals surface area contributed by atoms with Crippen molar-refractivity contribution in [2.24, 2.45) is 11.8 Å². The SMILES string of the molecule is O=C(C[C@H]1OC[C@H]2CN(C3CCOCC3)CC[C@H]21)N1CCCO1.O=C(O)C(F)(F)F. The summed E-state index contributed by atoms with van der Waals surface area (Å²) in [5.74, 6) is -1.53. The molecule has 0 aromatic carbocycles. The maximum atomic E-state index is 12.3. The van der Waals surface area contributed by atoms with Crippen LogP contribution in [0.15, 0.2) is 0 Å². The first kappa shape index (κ1) is 23.2. The number of carboxylic acid groups (broad SMARTS) is 1. The lowest BCUT2D eigenvalue weighted by Crippen LogP contribution is -2.48. The number of aliphatic carboxylic acids is 1. The number of rotatable bonds is 3. The fourth-order valence-electron chi connectivity index (χ4n) is 4.63. The van der Waals surface area contributed by atoms with E-state index in [1.807, 2.05) is 0 Å². The lowest BCUT2D eigenvalue weighted by molar-refractivity contribution is -0.192. The molecule has 30 heavy (non-hydrogen) atoms. The average Bonchev–Trinajstić information content (AvgIpc) is 3.38. The summed E-state index contributed by atoms with van der Waals surface area (Å²) in [6, 6.07) is 0.684. The number of carbonyl (C=O) groups is 2. The Kier molecular flexibility index (Phi) is 7.94. The average molecular weight is 438 g/mol. The number of fused-ring (bicyclic) bond motifs is 1. The van der Waals surface area contributed by atoms with E-state index in [1.54, 1.807) is 0 Å². The second-order valence-electron chi connectivity index (χ2n) is 8.11. The normalized spacial score (nSPS) is 30.5. The molecular formula is C19H29F3N2O6. The molecular weight excluding hydrogens is 409 g/mol. The van der Waals surface area contributed by atoms with Crippen LogP contribution in [0, 0.1) is 11.8 Å². The summed E-state index contributed by atoms with van der Waals surface area (Å²) in [6.07, 6.45) is -0.0878. The smallest absolute Gasteiger partial charge is 0.475 e. The molecule has 3 atom stereocenters. The monoisotopic (exact) mass is 438 g/mol. The predicted molar refractivity (Wildman–Crippen MR) is 97.3 cm³/mol. The minimum absolute atomic E-state index is 0.0912. The fraction of sp³-hybridized carbons (Fsp3) is 0.895. The highest BCUT2D eigenvalue weighted by Crippen LogP contribution is 2.37. The van der Waals surface area contributed by atoms with Crippen LogP contribution in [-0.2, 0) is 23.9 Å². The second-order valence-corrected chi connectivity index (χ2v) is 8.11. The van der Waals surface area contributed by atoms with Crippen LogP contribution >= 0.6 is 0 Å². The number of nitrogens with zero attached hydrogens (tertiary/aromatic N) is 2. The second kappa shape index (κ2) is 10.3. The summed E-state index contributed by atoms with van der Waals surface area (Å²) < 4.78 is 43.2. The third-order valence-corrected chi connectivity index (χ3v) is 6.18. The van der Waals surface area contributed by atoms with Crippen molar-refractivity contribution < 1.29 is 42.2 Å². The van der Waals surface area contributed by atoms with Crippen molar-refractivity contribution in [3.05, 3.63) is 0 Å². The number of likely N-dealkylation sites (tertiary alicyclic amines) is 1. The molecule has 1 amide bonds. The molecule has 11 heteroatoms. The van der Waals surface area contributed by atoms with Crippen LogP contribution in [0.2, 0.25) is 0 Å². The summed E-state index contributed by atoms with van der Waals surface area (Å²) >= 11 is 0. The van der Waals surface area contributed by atoms with E-state index in [1.165, 1.54) is 5.06 Å². The molecule has 172 valence electrons. The van der Waals surface area contributed by atoms with E-state index in [9.17, 15) is 18.0 Å². The largest absolute Gasteiger partial charge is 0.490 e. The molecule has 0 radical (unpaired) electrons. The van der Waals surface area contributed by atoms with Gasteiger partial charge in [-0.25, -0.2) is 9.86 Å². The van der Waals surface area contributed by atoms with Crippen molar-refractivity contribution in [3.8, 4) is 0 Å². The maximum absolute atomic E-state index is 12.3. The number of piperidine rings is 1. The molecule has 4 aliphatic heterocycles. The van der Waals surface area contributed by atoms with Gasteiger partial charge in [0.25, 0.3) is 0 Å². The molecule has 0 aromatic rings. The molecule has 4 rings (SSSR count). The van der Waals surface area contributed by atoms with E-state index in [4.69, 9.17) is 24.2 Å². The summed E-state index contributed by atoms with van der Waals surface area (Å²) in [4.78, 5) is 29.2. The van der Waals surface area contributed by atoms with Gasteiger partial charge in [0.1, 0.15) is 0 Å². The van der Waals surface area contributed by atoms with Crippen molar-refractivity contribution in [2.45, 2.75) is 50.4 Å². The van der Waals surface area contributed by atoms with Gasteiger partial charge in [-0.2, -0.15) is 13.2 Å². The third-order valence-electron chi connectivity index (χ3n) is 6.18. The zero-order chi connectivity index (χ0) is 21.7. The molecule has 0 spiro atoms. The van der Waals surface area contributed by atoms with Gasteiger partial charge in [-0.05, 0) is 38.1 Å². The molecule has 0 saturated carbocycles. The van der Waals surface area contributed by atoms with Gasteiger partial charge in [0.2, 0.25) is 5.91 Å². The van der Waals surface area contributed by atoms with Gasteiger partial charge in [0.05, 0.1) is 32.3 Å². The van der Waals surface area contributed by atoms with E-state index in [0.29, 0.717) is 30.9 Å². The van der Waals surface area contributed by atoms with Gasteiger partial charge < -0.3 is 14.6 Å². The van der Waals surface area contributed by atoms with Crippen molar-refractivity contribution in [1.82, 2.24) is 9.96 Å². The van der Waals surface area contributed by atoms with Gasteiger partial charge in [0, 0.05) is 31.7 Å². The molecule has 4 fully saturated rings. The number of hydrogen-bond donors (Lipinski definition) is 1. The zero-order valence-electron chi connectivity index (χ0n) is 16.8. The number of halogens is 3.